The van der Waals surface area contributed by atoms with Gasteiger partial charge in [-0.1, -0.05) is 0 Å². The van der Waals surface area contributed by atoms with Crippen LogP contribution >= 0.6 is 0 Å². The number of hydrogen-bond acceptors (Lipinski definition) is 2. The molecule has 0 heterocycles. The van der Waals surface area contributed by atoms with Gasteiger partial charge in [0.15, 0.2) is 0 Å². The zero-order valence-corrected chi connectivity index (χ0v) is 7.51. The third-order valence-electron chi connectivity index (χ3n) is 2.15. The summed E-state index contributed by atoms with van der Waals surface area (Å²) in [6, 6.07) is 0. The van der Waals surface area contributed by atoms with Crippen LogP contribution in [-0.2, 0) is 9.47 Å². The first-order chi connectivity index (χ1) is 5.36. The van der Waals surface area contributed by atoms with Gasteiger partial charge in [0.25, 0.3) is 0 Å². The Morgan fingerprint density at radius 2 is 1.91 bits per heavy atom. The molecule has 66 valence electrons. The molecule has 1 fully saturated rings. The van der Waals surface area contributed by atoms with Gasteiger partial charge in [0, 0.05) is 19.8 Å². The summed E-state index contributed by atoms with van der Waals surface area (Å²) in [5, 5.41) is 0. The summed E-state index contributed by atoms with van der Waals surface area (Å²) in [6.07, 6.45) is 2.94. The Kier molecular flexibility index (Phi) is 3.87. The van der Waals surface area contributed by atoms with Crippen molar-refractivity contribution in [2.45, 2.75) is 32.8 Å². The van der Waals surface area contributed by atoms with Crippen molar-refractivity contribution in [3.05, 3.63) is 0 Å². The van der Waals surface area contributed by atoms with Crippen LogP contribution in [0.1, 0.15) is 26.7 Å². The highest BCUT2D eigenvalue weighted by Gasteiger charge is 2.29. The molecule has 0 aliphatic heterocycles. The van der Waals surface area contributed by atoms with Crippen LogP contribution in [0.25, 0.3) is 0 Å². The van der Waals surface area contributed by atoms with E-state index in [1.807, 2.05) is 6.92 Å². The van der Waals surface area contributed by atoms with Gasteiger partial charge in [-0.15, -0.1) is 0 Å². The van der Waals surface area contributed by atoms with Crippen LogP contribution in [0, 0.1) is 5.92 Å². The molecule has 1 rings (SSSR count). The lowest BCUT2D eigenvalue weighted by molar-refractivity contribution is -0.0504. The molecule has 0 atom stereocenters. The minimum atomic E-state index is 0.533. The largest absolute Gasteiger partial charge is 0.381 e. The van der Waals surface area contributed by atoms with E-state index in [-0.39, 0.29) is 0 Å². The van der Waals surface area contributed by atoms with Crippen molar-refractivity contribution in [1.82, 2.24) is 0 Å². The zero-order chi connectivity index (χ0) is 8.10. The summed E-state index contributed by atoms with van der Waals surface area (Å²) in [7, 11) is 0. The molecule has 0 unspecified atom stereocenters. The Labute approximate surface area is 68.9 Å². The lowest BCUT2D eigenvalue weighted by Crippen LogP contribution is -2.34. The van der Waals surface area contributed by atoms with Gasteiger partial charge in [0.2, 0.25) is 0 Å². The van der Waals surface area contributed by atoms with Gasteiger partial charge in [-0.05, 0) is 32.6 Å². The average molecular weight is 158 g/mol. The Hall–Kier alpha value is -0.0800. The Balaban J connectivity index is 1.92. The molecule has 2 heteroatoms. The highest BCUT2D eigenvalue weighted by molar-refractivity contribution is 4.79. The monoisotopic (exact) mass is 158 g/mol. The fourth-order valence-electron chi connectivity index (χ4n) is 1.47. The Bertz CT molecular complexity index is 97.7. The molecule has 1 aliphatic carbocycles. The lowest BCUT2D eigenvalue weighted by atomic mass is 9.83. The van der Waals surface area contributed by atoms with Gasteiger partial charge in [-0.25, -0.2) is 0 Å². The van der Waals surface area contributed by atoms with Crippen LogP contribution in [0.4, 0.5) is 0 Å². The second-order valence-electron chi connectivity index (χ2n) is 3.07. The van der Waals surface area contributed by atoms with Crippen LogP contribution < -0.4 is 0 Å². The first-order valence-corrected chi connectivity index (χ1v) is 4.56. The highest BCUT2D eigenvalue weighted by atomic mass is 16.5. The molecule has 0 spiro atoms. The van der Waals surface area contributed by atoms with E-state index in [9.17, 15) is 0 Å². The Morgan fingerprint density at radius 1 is 1.18 bits per heavy atom. The molecule has 1 saturated carbocycles. The van der Waals surface area contributed by atoms with E-state index in [0.29, 0.717) is 6.10 Å². The number of hydrogen-bond donors (Lipinski definition) is 0. The minimum Gasteiger partial charge on any atom is -0.381 e. The van der Waals surface area contributed by atoms with Crippen molar-refractivity contribution in [2.75, 3.05) is 19.8 Å². The van der Waals surface area contributed by atoms with Gasteiger partial charge < -0.3 is 9.47 Å². The molecule has 0 saturated heterocycles. The van der Waals surface area contributed by atoms with Crippen molar-refractivity contribution in [2.24, 2.45) is 5.92 Å². The van der Waals surface area contributed by atoms with E-state index < -0.39 is 0 Å². The number of rotatable bonds is 5. The second-order valence-corrected chi connectivity index (χ2v) is 3.07. The summed E-state index contributed by atoms with van der Waals surface area (Å²) in [5.74, 6) is 0.770. The topological polar surface area (TPSA) is 18.5 Å². The molecular formula is C9H18O2. The molecular weight excluding hydrogens is 140 g/mol. The SMILES string of the molecule is CCOCC1CC(OCC)C1. The molecule has 0 N–H and O–H groups in total. The van der Waals surface area contributed by atoms with Gasteiger partial charge in [0.1, 0.15) is 0 Å². The van der Waals surface area contributed by atoms with Gasteiger partial charge >= 0.3 is 0 Å². The Morgan fingerprint density at radius 3 is 2.45 bits per heavy atom. The molecule has 0 radical (unpaired) electrons. The summed E-state index contributed by atoms with van der Waals surface area (Å²) >= 11 is 0. The van der Waals surface area contributed by atoms with Crippen LogP contribution in [0.2, 0.25) is 0 Å². The second kappa shape index (κ2) is 4.73. The highest BCUT2D eigenvalue weighted by Crippen LogP contribution is 2.29. The van der Waals surface area contributed by atoms with Gasteiger partial charge in [0.05, 0.1) is 6.10 Å². The maximum Gasteiger partial charge on any atom is 0.0582 e. The summed E-state index contributed by atoms with van der Waals surface area (Å²) in [4.78, 5) is 0. The molecule has 1 aliphatic rings. The lowest BCUT2D eigenvalue weighted by Gasteiger charge is -2.34. The zero-order valence-electron chi connectivity index (χ0n) is 7.51. The van der Waals surface area contributed by atoms with Crippen LogP contribution in [0.5, 0.6) is 0 Å². The summed E-state index contributed by atoms with van der Waals surface area (Å²) in [6.45, 7) is 6.72. The van der Waals surface area contributed by atoms with E-state index in [1.54, 1.807) is 0 Å². The maximum absolute atomic E-state index is 5.43. The van der Waals surface area contributed by atoms with E-state index >= 15 is 0 Å². The van der Waals surface area contributed by atoms with Crippen LogP contribution in [0.3, 0.4) is 0 Å². The minimum absolute atomic E-state index is 0.533. The fraction of sp³-hybridized carbons (Fsp3) is 1.00. The smallest absolute Gasteiger partial charge is 0.0582 e. The van der Waals surface area contributed by atoms with E-state index in [0.717, 1.165) is 25.7 Å². The van der Waals surface area contributed by atoms with Gasteiger partial charge in [-0.3, -0.25) is 0 Å². The van der Waals surface area contributed by atoms with E-state index in [2.05, 4.69) is 6.92 Å². The molecule has 0 aromatic rings. The summed E-state index contributed by atoms with van der Waals surface area (Å²) < 4.78 is 10.7. The molecule has 0 amide bonds. The molecule has 11 heavy (non-hydrogen) atoms. The first kappa shape index (κ1) is 9.01. The predicted octanol–water partition coefficient (Wildman–Crippen LogP) is 1.84. The fourth-order valence-corrected chi connectivity index (χ4v) is 1.47. The maximum atomic E-state index is 5.43. The van der Waals surface area contributed by atoms with E-state index in [1.165, 1.54) is 12.8 Å². The number of ether oxygens (including phenoxy) is 2. The average Bonchev–Trinajstić information content (AvgIpc) is 1.94. The standard InChI is InChI=1S/C9H18O2/c1-3-10-7-8-5-9(6-8)11-4-2/h8-9H,3-7H2,1-2H3. The molecule has 2 nitrogen and oxygen atoms in total. The van der Waals surface area contributed by atoms with Crippen LogP contribution in [0.15, 0.2) is 0 Å². The van der Waals surface area contributed by atoms with E-state index in [4.69, 9.17) is 9.47 Å². The molecule has 0 aromatic carbocycles. The predicted molar refractivity (Wildman–Crippen MR) is 44.6 cm³/mol. The van der Waals surface area contributed by atoms with Gasteiger partial charge in [-0.2, -0.15) is 0 Å². The van der Waals surface area contributed by atoms with Crippen molar-refractivity contribution >= 4 is 0 Å². The van der Waals surface area contributed by atoms with Crippen molar-refractivity contribution in [1.29, 1.82) is 0 Å². The molecule has 0 aromatic heterocycles. The van der Waals surface area contributed by atoms with Crippen molar-refractivity contribution in [3.8, 4) is 0 Å². The van der Waals surface area contributed by atoms with Crippen molar-refractivity contribution in [3.63, 3.8) is 0 Å². The van der Waals surface area contributed by atoms with Crippen LogP contribution in [-0.4, -0.2) is 25.9 Å². The molecule has 0 bridgehead atoms. The quantitative estimate of drug-likeness (QED) is 0.607. The third-order valence-corrected chi connectivity index (χ3v) is 2.15. The first-order valence-electron chi connectivity index (χ1n) is 4.56. The normalized spacial score (nSPS) is 30.0. The third kappa shape index (κ3) is 2.80. The summed E-state index contributed by atoms with van der Waals surface area (Å²) in [5.41, 5.74) is 0. The van der Waals surface area contributed by atoms with Crippen molar-refractivity contribution < 1.29 is 9.47 Å².